The molecule has 2 atom stereocenters. The van der Waals surface area contributed by atoms with Gasteiger partial charge in [-0.25, -0.2) is 9.97 Å². The van der Waals surface area contributed by atoms with Gasteiger partial charge in [-0.05, 0) is 18.3 Å². The molecule has 0 spiro atoms. The van der Waals surface area contributed by atoms with Gasteiger partial charge in [0, 0.05) is 39.9 Å². The number of carbonyl (C=O) groups is 1. The van der Waals surface area contributed by atoms with Crippen LogP contribution in [0.2, 0.25) is 0 Å². The normalized spacial score (nSPS) is 41.6. The number of aromatic amines is 1. The average Bonchev–Trinajstić information content (AvgIpc) is 3.04. The van der Waals surface area contributed by atoms with Crippen molar-refractivity contribution in [1.82, 2.24) is 19.9 Å². The van der Waals surface area contributed by atoms with Gasteiger partial charge in [0.05, 0.1) is 23.0 Å². The average molecular weight is 327 g/mol. The maximum Gasteiger partial charge on any atom is 0.236 e. The molecule has 2 aromatic rings. The highest BCUT2D eigenvalue weighted by atomic mass is 16.2. The molecule has 0 radical (unpaired) electrons. The smallest absolute Gasteiger partial charge is 0.236 e. The molecule has 1 aliphatic rings. The molecule has 0 bridgehead atoms. The van der Waals surface area contributed by atoms with Gasteiger partial charge in [0.25, 0.3) is 0 Å². The van der Waals surface area contributed by atoms with Crippen LogP contribution in [0.4, 0.5) is 5.82 Å². The lowest BCUT2D eigenvalue weighted by Gasteiger charge is -2.42. The Morgan fingerprint density at radius 2 is 2.70 bits per heavy atom. The van der Waals surface area contributed by atoms with Crippen LogP contribution in [-0.4, -0.2) is 51.7 Å². The number of rotatable bonds is 3. The fourth-order valence-electron chi connectivity index (χ4n) is 1.88. The summed E-state index contributed by atoms with van der Waals surface area (Å²) in [6, 6.07) is -3.09. The molecule has 1 fully saturated rings. The van der Waals surface area contributed by atoms with Crippen LogP contribution < -0.4 is 4.90 Å². The zero-order valence-electron chi connectivity index (χ0n) is 26.5. The fraction of sp³-hybridized carbons (Fsp3) is 0.500. The molecular weight excluding hydrogens is 292 g/mol. The summed E-state index contributed by atoms with van der Waals surface area (Å²) in [5.74, 6) is -5.83. The minimum absolute atomic E-state index is 0.231. The number of H-pyrrole nitrogens is 1. The highest BCUT2D eigenvalue weighted by Crippen LogP contribution is 2.28. The second kappa shape index (κ2) is 6.24. The summed E-state index contributed by atoms with van der Waals surface area (Å²) in [6.07, 6.45) is -4.96. The van der Waals surface area contributed by atoms with Crippen LogP contribution in [-0.2, 0) is 4.79 Å². The van der Waals surface area contributed by atoms with Crippen molar-refractivity contribution in [2.75, 3.05) is 24.9 Å². The summed E-state index contributed by atoms with van der Waals surface area (Å²) in [7, 11) is 0. The fourth-order valence-corrected chi connectivity index (χ4v) is 1.88. The number of aromatic nitrogens is 3. The minimum Gasteiger partial charge on any atom is -0.354 e. The largest absolute Gasteiger partial charge is 0.354 e. The zero-order valence-corrected chi connectivity index (χ0v) is 11.5. The van der Waals surface area contributed by atoms with Gasteiger partial charge in [0.15, 0.2) is 0 Å². The third kappa shape index (κ3) is 2.84. The van der Waals surface area contributed by atoms with Crippen molar-refractivity contribution < 1.29 is 25.4 Å². The van der Waals surface area contributed by atoms with Gasteiger partial charge in [-0.15, -0.1) is 0 Å². The van der Waals surface area contributed by atoms with Gasteiger partial charge >= 0.3 is 0 Å². The van der Waals surface area contributed by atoms with Crippen molar-refractivity contribution in [3.63, 3.8) is 0 Å². The van der Waals surface area contributed by atoms with Crippen LogP contribution in [0.5, 0.6) is 0 Å². The molecule has 1 N–H and O–H groups in total. The van der Waals surface area contributed by atoms with Crippen molar-refractivity contribution in [1.29, 1.82) is 5.26 Å². The number of nitrogens with zero attached hydrogens (tertiary/aromatic N) is 5. The molecule has 3 rings (SSSR count). The molecule has 1 aliphatic heterocycles. The molecule has 120 valence electrons. The van der Waals surface area contributed by atoms with E-state index in [0.29, 0.717) is 0 Å². The monoisotopic (exact) mass is 327 g/mol. The van der Waals surface area contributed by atoms with Gasteiger partial charge in [-0.1, -0.05) is 6.85 Å². The lowest BCUT2D eigenvalue weighted by molar-refractivity contribution is -0.131. The summed E-state index contributed by atoms with van der Waals surface area (Å²) < 4.78 is 124. The molecule has 3 heterocycles. The number of nitriles is 1. The van der Waals surface area contributed by atoms with Crippen LogP contribution in [0, 0.1) is 17.2 Å². The Bertz CT molecular complexity index is 1310. The summed E-state index contributed by atoms with van der Waals surface area (Å²) in [5.41, 5.74) is -0.319. The predicted molar refractivity (Wildman–Crippen MR) is 86.7 cm³/mol. The number of carbonyl (C=O) groups excluding carboxylic acids is 1. The van der Waals surface area contributed by atoms with E-state index in [9.17, 15) is 6.17 Å². The number of likely N-dealkylation sites (tertiary alicyclic amines) is 1. The summed E-state index contributed by atoms with van der Waals surface area (Å²) >= 11 is 0. The van der Waals surface area contributed by atoms with Gasteiger partial charge in [0.2, 0.25) is 5.91 Å². The first kappa shape index (κ1) is 5.48. The SMILES string of the molecule is [2H]c1nc(N(C([2H])([2H])[2H])[C@]2([2H])[C@H](C([2H])([2H])[2H])C([2H])([2H])C([2H])([2H])N(C(=O)CC#N)C2([2H])[2H])c2c([2H])c[nH]c2n1. The molecule has 0 unspecified atom stereocenters. The second-order valence-corrected chi connectivity index (χ2v) is 4.39. The van der Waals surface area contributed by atoms with Crippen molar-refractivity contribution in [2.45, 2.75) is 25.7 Å². The Kier molecular flexibility index (Phi) is 1.49. The molecule has 1 amide bonds. The molecular formula is C16H20N6O. The maximum atomic E-state index is 12.8. The van der Waals surface area contributed by atoms with Crippen LogP contribution in [0.25, 0.3) is 11.0 Å². The highest BCUT2D eigenvalue weighted by molar-refractivity contribution is 5.87. The molecule has 0 aliphatic carbocycles. The van der Waals surface area contributed by atoms with Gasteiger partial charge in [-0.3, -0.25) is 4.79 Å². The highest BCUT2D eigenvalue weighted by Gasteiger charge is 2.32. The standard InChI is InChI=1S/C16H20N6O/c1-11-5-8-22(14(23)3-6-17)9-13(11)21(2)16-12-4-7-18-15(12)19-10-20-16/h4,7,10-11,13H,3,5,8-9H2,1-2H3,(H,18,19,20)/t11-,13+/m1/s1/i1D3,2D3,4D,5D2,8D2,9D2,10D,13D. The van der Waals surface area contributed by atoms with Crippen LogP contribution in [0.3, 0.4) is 0 Å². The van der Waals surface area contributed by atoms with E-state index in [-0.39, 0.29) is 10.5 Å². The topological polar surface area (TPSA) is 88.9 Å². The summed E-state index contributed by atoms with van der Waals surface area (Å²) in [4.78, 5) is 21.9. The molecule has 1 saturated heterocycles. The first-order valence-electron chi connectivity index (χ1n) is 13.8. The van der Waals surface area contributed by atoms with Crippen molar-refractivity contribution in [3.8, 4) is 6.07 Å². The van der Waals surface area contributed by atoms with Crippen LogP contribution in [0.1, 0.15) is 40.2 Å². The van der Waals surface area contributed by atoms with Gasteiger partial charge in [-0.2, -0.15) is 5.26 Å². The van der Waals surface area contributed by atoms with Crippen molar-refractivity contribution in [2.24, 2.45) is 5.92 Å². The Morgan fingerprint density at radius 1 is 1.78 bits per heavy atom. The van der Waals surface area contributed by atoms with Crippen molar-refractivity contribution >= 4 is 22.8 Å². The van der Waals surface area contributed by atoms with E-state index in [0.717, 1.165) is 6.20 Å². The third-order valence-corrected chi connectivity index (χ3v) is 2.96. The lowest BCUT2D eigenvalue weighted by atomic mass is 9.92. The third-order valence-electron chi connectivity index (χ3n) is 2.96. The molecule has 7 nitrogen and oxygen atoms in total. The van der Waals surface area contributed by atoms with Crippen LogP contribution >= 0.6 is 0 Å². The van der Waals surface area contributed by atoms with Crippen LogP contribution in [0.15, 0.2) is 18.5 Å². The lowest BCUT2D eigenvalue weighted by Crippen LogP contribution is -2.52. The van der Waals surface area contributed by atoms with E-state index in [4.69, 9.17) is 24.5 Å². The quantitative estimate of drug-likeness (QED) is 0.924. The molecule has 0 saturated carbocycles. The van der Waals surface area contributed by atoms with E-state index in [1.807, 2.05) is 0 Å². The first-order valence-corrected chi connectivity index (χ1v) is 6.31. The number of likely N-dealkylation sites (N-methyl/N-ethyl adjacent to an activating group) is 1. The number of fused-ring (bicyclic) bond motifs is 1. The zero-order chi connectivity index (χ0) is 29.4. The molecule has 0 aromatic carbocycles. The van der Waals surface area contributed by atoms with Gasteiger partial charge < -0.3 is 14.8 Å². The molecule has 23 heavy (non-hydrogen) atoms. The Balaban J connectivity index is 2.59. The summed E-state index contributed by atoms with van der Waals surface area (Å²) in [6.45, 7) is -15.3. The maximum absolute atomic E-state index is 12.8. The second-order valence-electron chi connectivity index (χ2n) is 4.39. The molecule has 7 heteroatoms. The first-order chi connectivity index (χ1) is 17.0. The predicted octanol–water partition coefficient (Wildman–Crippen LogP) is 1.54. The Hall–Kier alpha value is -2.62. The van der Waals surface area contributed by atoms with E-state index in [1.165, 1.54) is 6.07 Å². The van der Waals surface area contributed by atoms with E-state index >= 15 is 0 Å². The number of nitrogens with one attached hydrogen (secondary N) is 1. The van der Waals surface area contributed by atoms with E-state index < -0.39 is 85.9 Å². The Morgan fingerprint density at radius 3 is 3.48 bits per heavy atom. The minimum atomic E-state index is -3.97. The summed E-state index contributed by atoms with van der Waals surface area (Å²) in [5, 5.41) is 8.49. The molecule has 2 aromatic heterocycles. The van der Waals surface area contributed by atoms with Gasteiger partial charge in [0.1, 0.15) is 25.6 Å². The number of piperidine rings is 1. The van der Waals surface area contributed by atoms with E-state index in [1.54, 1.807) is 0 Å². The number of anilines is 1. The Labute approximate surface area is 156 Å². The van der Waals surface area contributed by atoms with E-state index in [2.05, 4.69) is 15.0 Å². The van der Waals surface area contributed by atoms with Crippen molar-refractivity contribution in [3.05, 3.63) is 18.5 Å². The number of amides is 1. The number of hydrogen-bond donors (Lipinski definition) is 1. The number of hydrogen-bond acceptors (Lipinski definition) is 5.